The molecule has 0 bridgehead atoms. The molecule has 4 heteroatoms. The molecule has 2 atom stereocenters. The Morgan fingerprint density at radius 1 is 1.37 bits per heavy atom. The molecule has 0 saturated carbocycles. The minimum atomic E-state index is 0.219. The number of ether oxygens (including phenoxy) is 1. The van der Waals surface area contributed by atoms with Gasteiger partial charge in [-0.2, -0.15) is 0 Å². The Morgan fingerprint density at radius 2 is 2.16 bits per heavy atom. The molecule has 0 fully saturated rings. The van der Waals surface area contributed by atoms with Gasteiger partial charge < -0.3 is 15.8 Å². The zero-order chi connectivity index (χ0) is 14.1. The Kier molecular flexibility index (Phi) is 7.45. The van der Waals surface area contributed by atoms with E-state index in [4.69, 9.17) is 10.5 Å². The average molecular weight is 265 g/mol. The van der Waals surface area contributed by atoms with Gasteiger partial charge >= 0.3 is 0 Å². The Balaban J connectivity index is 2.75. The van der Waals surface area contributed by atoms with Crippen molar-refractivity contribution in [3.05, 3.63) is 23.9 Å². The van der Waals surface area contributed by atoms with Crippen molar-refractivity contribution in [1.29, 1.82) is 0 Å². The lowest BCUT2D eigenvalue weighted by Gasteiger charge is -2.27. The van der Waals surface area contributed by atoms with Crippen LogP contribution in [0, 0.1) is 0 Å². The van der Waals surface area contributed by atoms with Gasteiger partial charge in [0.05, 0.1) is 6.10 Å². The van der Waals surface area contributed by atoms with Gasteiger partial charge in [0.25, 0.3) is 0 Å². The largest absolute Gasteiger partial charge is 0.383 e. The molecule has 0 aliphatic heterocycles. The summed E-state index contributed by atoms with van der Waals surface area (Å²) in [5.74, 6) is 0.622. The van der Waals surface area contributed by atoms with Crippen LogP contribution in [0.15, 0.2) is 18.3 Å². The molecule has 1 heterocycles. The van der Waals surface area contributed by atoms with E-state index in [0.717, 1.165) is 38.0 Å². The van der Waals surface area contributed by atoms with Gasteiger partial charge in [-0.3, -0.25) is 0 Å². The van der Waals surface area contributed by atoms with Crippen LogP contribution in [-0.2, 0) is 11.2 Å². The van der Waals surface area contributed by atoms with Crippen LogP contribution in [0.1, 0.15) is 39.2 Å². The first kappa shape index (κ1) is 15.9. The van der Waals surface area contributed by atoms with Crippen LogP contribution >= 0.6 is 0 Å². The number of anilines is 1. The maximum absolute atomic E-state index is 5.93. The van der Waals surface area contributed by atoms with Crippen molar-refractivity contribution < 1.29 is 4.74 Å². The molecule has 0 spiro atoms. The molecule has 0 saturated heterocycles. The lowest BCUT2D eigenvalue weighted by molar-refractivity contribution is 0.0320. The summed E-state index contributed by atoms with van der Waals surface area (Å²) in [6.07, 6.45) is 4.92. The molecule has 0 amide bonds. The molecule has 1 aromatic rings. The summed E-state index contributed by atoms with van der Waals surface area (Å²) in [5, 5.41) is 3.57. The number of nitrogen functional groups attached to an aromatic ring is 1. The molecule has 108 valence electrons. The lowest BCUT2D eigenvalue weighted by Crippen LogP contribution is -2.43. The average Bonchev–Trinajstić information content (AvgIpc) is 2.43. The van der Waals surface area contributed by atoms with Crippen LogP contribution in [0.2, 0.25) is 0 Å². The van der Waals surface area contributed by atoms with Crippen LogP contribution in [0.3, 0.4) is 0 Å². The Morgan fingerprint density at radius 3 is 2.74 bits per heavy atom. The molecule has 19 heavy (non-hydrogen) atoms. The minimum absolute atomic E-state index is 0.219. The molecule has 0 aromatic carbocycles. The second-order valence-electron chi connectivity index (χ2n) is 4.71. The van der Waals surface area contributed by atoms with Gasteiger partial charge in [-0.05, 0) is 44.4 Å². The van der Waals surface area contributed by atoms with E-state index in [2.05, 4.69) is 24.1 Å². The fourth-order valence-electron chi connectivity index (χ4n) is 2.26. The second kappa shape index (κ2) is 8.88. The third kappa shape index (κ3) is 5.17. The van der Waals surface area contributed by atoms with Crippen LogP contribution < -0.4 is 11.1 Å². The number of aromatic nitrogens is 1. The quantitative estimate of drug-likeness (QED) is 0.720. The van der Waals surface area contributed by atoms with E-state index in [9.17, 15) is 0 Å². The van der Waals surface area contributed by atoms with Crippen LogP contribution in [-0.4, -0.2) is 30.3 Å². The van der Waals surface area contributed by atoms with E-state index in [1.165, 1.54) is 0 Å². The molecular weight excluding hydrogens is 238 g/mol. The van der Waals surface area contributed by atoms with Crippen LogP contribution in [0.25, 0.3) is 0 Å². The SMILES string of the molecule is CCCNC(Cc1cccnc1N)C(CC)OCC. The summed E-state index contributed by atoms with van der Waals surface area (Å²) in [6.45, 7) is 8.11. The standard InChI is InChI=1S/C15H27N3O/c1-4-9-17-13(14(5-2)19-6-3)11-12-8-7-10-18-15(12)16/h7-8,10,13-14,17H,4-6,9,11H2,1-3H3,(H2,16,18). The van der Waals surface area contributed by atoms with Gasteiger partial charge in [0.1, 0.15) is 5.82 Å². The molecule has 3 N–H and O–H groups in total. The van der Waals surface area contributed by atoms with E-state index in [0.29, 0.717) is 5.82 Å². The van der Waals surface area contributed by atoms with Gasteiger partial charge in [-0.25, -0.2) is 4.98 Å². The zero-order valence-electron chi connectivity index (χ0n) is 12.4. The summed E-state index contributed by atoms with van der Waals surface area (Å²) in [4.78, 5) is 4.15. The normalized spacial score (nSPS) is 14.3. The number of rotatable bonds is 9. The summed E-state index contributed by atoms with van der Waals surface area (Å²) in [7, 11) is 0. The van der Waals surface area contributed by atoms with Gasteiger partial charge in [0.15, 0.2) is 0 Å². The second-order valence-corrected chi connectivity index (χ2v) is 4.71. The maximum atomic E-state index is 5.93. The Bertz CT molecular complexity index is 357. The van der Waals surface area contributed by atoms with Gasteiger partial charge in [0.2, 0.25) is 0 Å². The molecule has 4 nitrogen and oxygen atoms in total. The van der Waals surface area contributed by atoms with E-state index in [-0.39, 0.29) is 12.1 Å². The van der Waals surface area contributed by atoms with Crippen molar-refractivity contribution in [2.75, 3.05) is 18.9 Å². The van der Waals surface area contributed by atoms with Gasteiger partial charge in [-0.1, -0.05) is 19.9 Å². The monoisotopic (exact) mass is 265 g/mol. The summed E-state index contributed by atoms with van der Waals surface area (Å²) in [6, 6.07) is 4.27. The maximum Gasteiger partial charge on any atom is 0.126 e. The Labute approximate surface area is 116 Å². The van der Waals surface area contributed by atoms with Gasteiger partial charge in [-0.15, -0.1) is 0 Å². The van der Waals surface area contributed by atoms with E-state index in [1.54, 1.807) is 6.20 Å². The van der Waals surface area contributed by atoms with Crippen LogP contribution in [0.5, 0.6) is 0 Å². The number of pyridine rings is 1. The highest BCUT2D eigenvalue weighted by Crippen LogP contribution is 2.15. The first-order valence-corrected chi connectivity index (χ1v) is 7.27. The third-order valence-electron chi connectivity index (χ3n) is 3.25. The third-order valence-corrected chi connectivity index (χ3v) is 3.25. The first-order chi connectivity index (χ1) is 9.22. The van der Waals surface area contributed by atoms with Crippen LogP contribution in [0.4, 0.5) is 5.82 Å². The van der Waals surface area contributed by atoms with E-state index in [1.807, 2.05) is 19.1 Å². The topological polar surface area (TPSA) is 60.2 Å². The highest BCUT2D eigenvalue weighted by atomic mass is 16.5. The summed E-state index contributed by atoms with van der Waals surface area (Å²) >= 11 is 0. The highest BCUT2D eigenvalue weighted by Gasteiger charge is 2.21. The molecule has 0 aliphatic rings. The molecule has 1 aromatic heterocycles. The minimum Gasteiger partial charge on any atom is -0.383 e. The van der Waals surface area contributed by atoms with E-state index >= 15 is 0 Å². The predicted molar refractivity (Wildman–Crippen MR) is 80.1 cm³/mol. The molecule has 0 aliphatic carbocycles. The summed E-state index contributed by atoms with van der Waals surface area (Å²) in [5.41, 5.74) is 7.03. The number of nitrogens with two attached hydrogens (primary N) is 1. The molecular formula is C15H27N3O. The van der Waals surface area contributed by atoms with Crippen molar-refractivity contribution >= 4 is 5.82 Å². The van der Waals surface area contributed by atoms with Gasteiger partial charge in [0, 0.05) is 18.8 Å². The van der Waals surface area contributed by atoms with Crippen molar-refractivity contribution in [3.8, 4) is 0 Å². The molecule has 1 rings (SSSR count). The Hall–Kier alpha value is -1.13. The van der Waals surface area contributed by atoms with Crippen molar-refractivity contribution in [2.24, 2.45) is 0 Å². The number of hydrogen-bond donors (Lipinski definition) is 2. The van der Waals surface area contributed by atoms with Crippen molar-refractivity contribution in [1.82, 2.24) is 10.3 Å². The zero-order valence-corrected chi connectivity index (χ0v) is 12.4. The predicted octanol–water partition coefficient (Wildman–Crippen LogP) is 2.39. The summed E-state index contributed by atoms with van der Waals surface area (Å²) < 4.78 is 5.84. The lowest BCUT2D eigenvalue weighted by atomic mass is 9.99. The first-order valence-electron chi connectivity index (χ1n) is 7.27. The smallest absolute Gasteiger partial charge is 0.126 e. The van der Waals surface area contributed by atoms with E-state index < -0.39 is 0 Å². The van der Waals surface area contributed by atoms with Crippen molar-refractivity contribution in [2.45, 2.75) is 52.2 Å². The number of hydrogen-bond acceptors (Lipinski definition) is 4. The number of nitrogens with zero attached hydrogens (tertiary/aromatic N) is 1. The fraction of sp³-hybridized carbons (Fsp3) is 0.667. The molecule has 2 unspecified atom stereocenters. The molecule has 0 radical (unpaired) electrons. The fourth-order valence-corrected chi connectivity index (χ4v) is 2.26. The van der Waals surface area contributed by atoms with Crippen molar-refractivity contribution in [3.63, 3.8) is 0 Å². The number of nitrogens with one attached hydrogen (secondary N) is 1. The highest BCUT2D eigenvalue weighted by molar-refractivity contribution is 5.39.